The summed E-state index contributed by atoms with van der Waals surface area (Å²) in [5.74, 6) is 2.27. The Hall–Kier alpha value is -1.73. The standard InChI is InChI=1S/C13H13NO2/c15-9-12-13(16-12)10-5-1-2-6-11(10)14-7-3-4-8-14/h1-2,5-6,13H,3-4,7-8H2. The van der Waals surface area contributed by atoms with Gasteiger partial charge in [0.05, 0.1) is 0 Å². The average Bonchev–Trinajstić information content (AvgIpc) is 2.93. The van der Waals surface area contributed by atoms with Gasteiger partial charge >= 0.3 is 0 Å². The Labute approximate surface area is 94.3 Å². The molecule has 3 rings (SSSR count). The summed E-state index contributed by atoms with van der Waals surface area (Å²) >= 11 is 0. The molecule has 3 heteroatoms. The van der Waals surface area contributed by atoms with Crippen molar-refractivity contribution in [2.75, 3.05) is 18.0 Å². The lowest BCUT2D eigenvalue weighted by atomic mass is 10.1. The Morgan fingerprint density at radius 2 is 2.00 bits per heavy atom. The third-order valence-corrected chi connectivity index (χ3v) is 3.19. The lowest BCUT2D eigenvalue weighted by Crippen LogP contribution is -2.18. The van der Waals surface area contributed by atoms with E-state index in [1.807, 2.05) is 24.1 Å². The van der Waals surface area contributed by atoms with E-state index in [1.165, 1.54) is 18.5 Å². The highest BCUT2D eigenvalue weighted by Crippen LogP contribution is 2.45. The third-order valence-electron chi connectivity index (χ3n) is 3.19. The molecule has 0 radical (unpaired) electrons. The highest BCUT2D eigenvalue weighted by molar-refractivity contribution is 5.64. The Bertz CT molecular complexity index is 457. The molecule has 0 bridgehead atoms. The van der Waals surface area contributed by atoms with Crippen LogP contribution in [-0.2, 0) is 9.53 Å². The molecule has 0 spiro atoms. The Kier molecular flexibility index (Phi) is 2.19. The quantitative estimate of drug-likeness (QED) is 0.559. The molecule has 1 atom stereocenters. The fraction of sp³-hybridized carbons (Fsp3) is 0.385. The lowest BCUT2D eigenvalue weighted by Gasteiger charge is -2.20. The minimum atomic E-state index is -0.144. The zero-order valence-corrected chi connectivity index (χ0v) is 8.98. The number of carbonyl (C=O) groups excluding carboxylic acids is 1. The number of rotatable bonds is 2. The van der Waals surface area contributed by atoms with Crippen LogP contribution in [-0.4, -0.2) is 19.0 Å². The molecule has 3 nitrogen and oxygen atoms in total. The summed E-state index contributed by atoms with van der Waals surface area (Å²) in [7, 11) is 0. The first kappa shape index (κ1) is 9.49. The van der Waals surface area contributed by atoms with Crippen LogP contribution in [0.4, 0.5) is 5.69 Å². The molecule has 0 N–H and O–H groups in total. The van der Waals surface area contributed by atoms with E-state index in [1.54, 1.807) is 0 Å². The van der Waals surface area contributed by atoms with Crippen LogP contribution in [0.15, 0.2) is 30.0 Å². The van der Waals surface area contributed by atoms with Gasteiger partial charge in [-0.15, -0.1) is 0 Å². The topological polar surface area (TPSA) is 32.8 Å². The van der Waals surface area contributed by atoms with Crippen molar-refractivity contribution in [2.24, 2.45) is 0 Å². The van der Waals surface area contributed by atoms with E-state index in [2.05, 4.69) is 11.0 Å². The van der Waals surface area contributed by atoms with Crippen LogP contribution in [0.5, 0.6) is 0 Å². The molecule has 1 aromatic rings. The molecule has 82 valence electrons. The molecule has 0 aromatic heterocycles. The molecule has 0 aliphatic carbocycles. The lowest BCUT2D eigenvalue weighted by molar-refractivity contribution is 0.436. The van der Waals surface area contributed by atoms with Gasteiger partial charge in [-0.25, -0.2) is 4.79 Å². The molecule has 2 aliphatic heterocycles. The van der Waals surface area contributed by atoms with Crippen molar-refractivity contribution in [3.8, 4) is 0 Å². The van der Waals surface area contributed by atoms with Crippen molar-refractivity contribution in [1.82, 2.24) is 0 Å². The maximum atomic E-state index is 10.5. The minimum Gasteiger partial charge on any atom is -0.466 e. The van der Waals surface area contributed by atoms with Gasteiger partial charge in [0.15, 0.2) is 12.0 Å². The zero-order valence-electron chi connectivity index (χ0n) is 8.98. The predicted molar refractivity (Wildman–Crippen MR) is 60.9 cm³/mol. The van der Waals surface area contributed by atoms with Gasteiger partial charge in [-0.1, -0.05) is 18.2 Å². The first-order chi connectivity index (χ1) is 7.90. The summed E-state index contributed by atoms with van der Waals surface area (Å²) in [5, 5.41) is 0. The highest BCUT2D eigenvalue weighted by atomic mass is 16.6. The van der Waals surface area contributed by atoms with Crippen molar-refractivity contribution in [2.45, 2.75) is 18.9 Å². The second-order valence-electron chi connectivity index (χ2n) is 4.22. The summed E-state index contributed by atoms with van der Waals surface area (Å²) in [6, 6.07) is 8.15. The van der Waals surface area contributed by atoms with Crippen LogP contribution in [0.2, 0.25) is 0 Å². The minimum absolute atomic E-state index is 0.144. The number of epoxide rings is 1. The number of hydrogen-bond acceptors (Lipinski definition) is 3. The molecule has 0 saturated carbocycles. The van der Waals surface area contributed by atoms with Gasteiger partial charge in [0.2, 0.25) is 5.76 Å². The van der Waals surface area contributed by atoms with Crippen LogP contribution in [0, 0.1) is 0 Å². The normalized spacial score (nSPS) is 22.9. The average molecular weight is 215 g/mol. The SMILES string of the molecule is O=C=C1OC1c1ccccc1N1CCCC1. The molecule has 1 unspecified atom stereocenters. The van der Waals surface area contributed by atoms with Gasteiger partial charge in [0, 0.05) is 24.3 Å². The van der Waals surface area contributed by atoms with Gasteiger partial charge in [-0.05, 0) is 18.9 Å². The molecular formula is C13H13NO2. The van der Waals surface area contributed by atoms with Gasteiger partial charge in [-0.2, -0.15) is 0 Å². The highest BCUT2D eigenvalue weighted by Gasteiger charge is 2.38. The van der Waals surface area contributed by atoms with Crippen molar-refractivity contribution in [3.63, 3.8) is 0 Å². The molecular weight excluding hydrogens is 202 g/mol. The Morgan fingerprint density at radius 1 is 1.25 bits per heavy atom. The second kappa shape index (κ2) is 3.69. The largest absolute Gasteiger partial charge is 0.466 e. The fourth-order valence-electron chi connectivity index (χ4n) is 2.33. The molecule has 16 heavy (non-hydrogen) atoms. The van der Waals surface area contributed by atoms with E-state index in [9.17, 15) is 4.79 Å². The Balaban J connectivity index is 1.95. The van der Waals surface area contributed by atoms with Gasteiger partial charge in [-0.3, -0.25) is 0 Å². The number of ether oxygens (including phenoxy) is 1. The third kappa shape index (κ3) is 1.50. The van der Waals surface area contributed by atoms with E-state index in [0.717, 1.165) is 18.7 Å². The van der Waals surface area contributed by atoms with E-state index in [4.69, 9.17) is 4.74 Å². The van der Waals surface area contributed by atoms with E-state index in [-0.39, 0.29) is 6.10 Å². The number of hydrogen-bond donors (Lipinski definition) is 0. The van der Waals surface area contributed by atoms with Gasteiger partial charge in [0.1, 0.15) is 0 Å². The number of anilines is 1. The van der Waals surface area contributed by atoms with Crippen molar-refractivity contribution in [1.29, 1.82) is 0 Å². The van der Waals surface area contributed by atoms with Crippen LogP contribution < -0.4 is 4.90 Å². The van der Waals surface area contributed by atoms with Crippen LogP contribution in [0.25, 0.3) is 0 Å². The fourth-order valence-corrected chi connectivity index (χ4v) is 2.33. The summed E-state index contributed by atoms with van der Waals surface area (Å²) < 4.78 is 5.22. The van der Waals surface area contributed by atoms with Crippen molar-refractivity contribution < 1.29 is 9.53 Å². The van der Waals surface area contributed by atoms with Crippen molar-refractivity contribution >= 4 is 11.6 Å². The molecule has 2 saturated heterocycles. The Morgan fingerprint density at radius 3 is 2.69 bits per heavy atom. The van der Waals surface area contributed by atoms with Crippen LogP contribution in [0.3, 0.4) is 0 Å². The number of para-hydroxylation sites is 1. The first-order valence-corrected chi connectivity index (χ1v) is 5.65. The molecule has 2 aliphatic rings. The number of nitrogens with zero attached hydrogens (tertiary/aromatic N) is 1. The first-order valence-electron chi connectivity index (χ1n) is 5.65. The van der Waals surface area contributed by atoms with Crippen LogP contribution >= 0.6 is 0 Å². The monoisotopic (exact) mass is 215 g/mol. The van der Waals surface area contributed by atoms with E-state index >= 15 is 0 Å². The summed E-state index contributed by atoms with van der Waals surface area (Å²) in [5.41, 5.74) is 2.30. The number of benzene rings is 1. The molecule has 2 fully saturated rings. The second-order valence-corrected chi connectivity index (χ2v) is 4.22. The smallest absolute Gasteiger partial charge is 0.226 e. The van der Waals surface area contributed by atoms with E-state index in [0.29, 0.717) is 5.76 Å². The van der Waals surface area contributed by atoms with Gasteiger partial charge in [0.25, 0.3) is 0 Å². The maximum Gasteiger partial charge on any atom is 0.226 e. The summed E-state index contributed by atoms with van der Waals surface area (Å²) in [6.07, 6.45) is 2.35. The van der Waals surface area contributed by atoms with E-state index < -0.39 is 0 Å². The molecule has 2 heterocycles. The zero-order chi connectivity index (χ0) is 11.0. The summed E-state index contributed by atoms with van der Waals surface area (Å²) in [4.78, 5) is 12.8. The molecule has 0 amide bonds. The van der Waals surface area contributed by atoms with Crippen LogP contribution in [0.1, 0.15) is 24.5 Å². The summed E-state index contributed by atoms with van der Waals surface area (Å²) in [6.45, 7) is 2.20. The van der Waals surface area contributed by atoms with Gasteiger partial charge < -0.3 is 9.64 Å². The van der Waals surface area contributed by atoms with Crippen molar-refractivity contribution in [3.05, 3.63) is 35.6 Å². The molecule has 1 aromatic carbocycles. The predicted octanol–water partition coefficient (Wildman–Crippen LogP) is 2.07. The maximum absolute atomic E-state index is 10.5.